The van der Waals surface area contributed by atoms with Crippen LogP contribution >= 0.6 is 0 Å². The highest BCUT2D eigenvalue weighted by Crippen LogP contribution is 2.26. The number of hydrogen-bond acceptors (Lipinski definition) is 3. The fourth-order valence-electron chi connectivity index (χ4n) is 2.49. The molecule has 3 nitrogen and oxygen atoms in total. The van der Waals surface area contributed by atoms with Crippen molar-refractivity contribution in [3.8, 4) is 11.5 Å². The number of rotatable bonds is 9. The van der Waals surface area contributed by atoms with E-state index >= 15 is 0 Å². The minimum Gasteiger partial charge on any atom is -0.504 e. The van der Waals surface area contributed by atoms with E-state index in [1.54, 1.807) is 12.1 Å². The average molecular weight is 387 g/mol. The van der Waals surface area contributed by atoms with Crippen molar-refractivity contribution in [2.24, 2.45) is 0 Å². The molecule has 0 heterocycles. The number of phenolic OH excluding ortho intramolecular Hbond substituents is 1. The molecular weight excluding hydrogens is 348 g/mol. The van der Waals surface area contributed by atoms with Gasteiger partial charge in [-0.15, -0.1) is 0 Å². The van der Waals surface area contributed by atoms with E-state index in [2.05, 4.69) is 39.8 Å². The molecule has 0 amide bonds. The van der Waals surface area contributed by atoms with E-state index in [1.807, 2.05) is 31.2 Å². The summed E-state index contributed by atoms with van der Waals surface area (Å²) in [6.45, 7) is 10.7. The van der Waals surface area contributed by atoms with E-state index in [0.29, 0.717) is 5.75 Å². The summed E-state index contributed by atoms with van der Waals surface area (Å²) in [5.41, 5.74) is 5.16. The second-order valence-corrected chi connectivity index (χ2v) is 7.07. The van der Waals surface area contributed by atoms with Crippen LogP contribution in [-0.2, 0) is 0 Å². The molecule has 0 bridgehead atoms. The van der Waals surface area contributed by atoms with Gasteiger partial charge in [0.15, 0.2) is 11.5 Å². The molecule has 3 heteroatoms. The second kappa shape index (κ2) is 15.8. The van der Waals surface area contributed by atoms with Crippen molar-refractivity contribution in [3.63, 3.8) is 0 Å². The highest BCUT2D eigenvalue weighted by atomic mass is 16.5. The van der Waals surface area contributed by atoms with Crippen molar-refractivity contribution in [2.45, 2.75) is 60.3 Å². The zero-order valence-corrected chi connectivity index (χ0v) is 18.5. The lowest BCUT2D eigenvalue weighted by molar-refractivity contribution is 0.341. The summed E-state index contributed by atoms with van der Waals surface area (Å²) in [5, 5.41) is 18.0. The van der Waals surface area contributed by atoms with Crippen molar-refractivity contribution < 1.29 is 14.9 Å². The zero-order chi connectivity index (χ0) is 21.4. The van der Waals surface area contributed by atoms with Gasteiger partial charge in [0.2, 0.25) is 0 Å². The number of aliphatic hydroxyl groups excluding tert-OH is 1. The number of hydrogen-bond donors (Lipinski definition) is 2. The Hall–Kier alpha value is -2.26. The minimum absolute atomic E-state index is 0.162. The van der Waals surface area contributed by atoms with Gasteiger partial charge in [0.1, 0.15) is 0 Å². The molecule has 156 valence electrons. The van der Waals surface area contributed by atoms with E-state index in [4.69, 9.17) is 9.84 Å². The molecule has 0 saturated heterocycles. The first-order chi connectivity index (χ1) is 13.3. The van der Waals surface area contributed by atoms with Gasteiger partial charge in [0, 0.05) is 0 Å². The molecule has 0 radical (unpaired) electrons. The number of aliphatic hydroxyl groups is 1. The van der Waals surface area contributed by atoms with Gasteiger partial charge in [-0.25, -0.2) is 0 Å². The molecule has 0 aliphatic carbocycles. The smallest absolute Gasteiger partial charge is 0.161 e. The van der Waals surface area contributed by atoms with Crippen LogP contribution in [0.5, 0.6) is 11.5 Å². The first-order valence-corrected chi connectivity index (χ1v) is 9.89. The lowest BCUT2D eigenvalue weighted by atomic mass is 10.1. The zero-order valence-electron chi connectivity index (χ0n) is 18.5. The molecule has 0 aromatic heterocycles. The van der Waals surface area contributed by atoms with Crippen LogP contribution in [0.15, 0.2) is 59.2 Å². The number of aromatic hydroxyl groups is 1. The molecule has 0 saturated carbocycles. The maximum absolute atomic E-state index is 9.25. The molecular formula is C25H38O3. The maximum atomic E-state index is 9.25. The third-order valence-corrected chi connectivity index (χ3v) is 4.13. The van der Waals surface area contributed by atoms with Gasteiger partial charge in [-0.05, 0) is 78.0 Å². The molecule has 1 aromatic rings. The predicted molar refractivity (Wildman–Crippen MR) is 122 cm³/mol. The quantitative estimate of drug-likeness (QED) is 0.457. The van der Waals surface area contributed by atoms with Crippen molar-refractivity contribution in [1.29, 1.82) is 0 Å². The van der Waals surface area contributed by atoms with E-state index < -0.39 is 0 Å². The van der Waals surface area contributed by atoms with Crippen molar-refractivity contribution in [3.05, 3.63) is 64.8 Å². The Bertz CT molecular complexity index is 675. The third-order valence-electron chi connectivity index (χ3n) is 4.13. The molecule has 2 N–H and O–H groups in total. The Balaban J connectivity index is 0.000000540. The minimum atomic E-state index is 0.162. The molecule has 0 spiro atoms. The van der Waals surface area contributed by atoms with Gasteiger partial charge in [-0.3, -0.25) is 0 Å². The normalized spacial score (nSPS) is 11.8. The number of phenols is 1. The topological polar surface area (TPSA) is 49.7 Å². The Morgan fingerprint density at radius 1 is 0.964 bits per heavy atom. The van der Waals surface area contributed by atoms with Gasteiger partial charge in [0.05, 0.1) is 13.7 Å². The summed E-state index contributed by atoms with van der Waals surface area (Å²) in [4.78, 5) is 0. The highest BCUT2D eigenvalue weighted by molar-refractivity contribution is 5.55. The Labute approximate surface area is 171 Å². The molecule has 1 rings (SSSR count). The van der Waals surface area contributed by atoms with E-state index in [0.717, 1.165) is 31.2 Å². The number of allylic oxidation sites excluding steroid dienone is 6. The monoisotopic (exact) mass is 386 g/mol. The van der Waals surface area contributed by atoms with E-state index in [9.17, 15) is 5.11 Å². The lowest BCUT2D eigenvalue weighted by Crippen LogP contribution is -1.83. The van der Waals surface area contributed by atoms with Gasteiger partial charge in [-0.2, -0.15) is 0 Å². The lowest BCUT2D eigenvalue weighted by Gasteiger charge is -2.03. The Morgan fingerprint density at radius 3 is 2.11 bits per heavy atom. The third kappa shape index (κ3) is 13.0. The van der Waals surface area contributed by atoms with Crippen LogP contribution in [0.2, 0.25) is 0 Å². The van der Waals surface area contributed by atoms with Gasteiger partial charge >= 0.3 is 0 Å². The summed E-state index contributed by atoms with van der Waals surface area (Å²) in [6.07, 6.45) is 14.8. The number of ether oxygens (including phenoxy) is 1. The molecule has 0 aliphatic heterocycles. The summed E-state index contributed by atoms with van der Waals surface area (Å²) in [6, 6.07) is 5.24. The van der Waals surface area contributed by atoms with Gasteiger partial charge in [0.25, 0.3) is 0 Å². The fourth-order valence-corrected chi connectivity index (χ4v) is 2.49. The first-order valence-electron chi connectivity index (χ1n) is 9.89. The first kappa shape index (κ1) is 25.7. The fraction of sp³-hybridized carbons (Fsp3) is 0.440. The van der Waals surface area contributed by atoms with Crippen LogP contribution in [0.4, 0.5) is 0 Å². The summed E-state index contributed by atoms with van der Waals surface area (Å²) in [7, 11) is 1.54. The summed E-state index contributed by atoms with van der Waals surface area (Å²) >= 11 is 0. The van der Waals surface area contributed by atoms with Gasteiger partial charge in [-0.1, -0.05) is 53.2 Å². The van der Waals surface area contributed by atoms with Crippen LogP contribution in [0.3, 0.4) is 0 Å². The SMILES string of the molecule is C/C=C/c1ccc(O)c(OC)c1.CC(C)=CCCC(C)=CCCC(C)=CCO. The summed E-state index contributed by atoms with van der Waals surface area (Å²) < 4.78 is 4.95. The van der Waals surface area contributed by atoms with Crippen molar-refractivity contribution >= 4 is 6.08 Å². The van der Waals surface area contributed by atoms with Crippen LogP contribution in [0.1, 0.15) is 65.9 Å². The number of benzene rings is 1. The number of methoxy groups -OCH3 is 1. The van der Waals surface area contributed by atoms with Gasteiger partial charge < -0.3 is 14.9 Å². The molecule has 0 unspecified atom stereocenters. The summed E-state index contributed by atoms with van der Waals surface area (Å²) in [5.74, 6) is 0.677. The Morgan fingerprint density at radius 2 is 1.57 bits per heavy atom. The molecule has 1 aromatic carbocycles. The molecule has 28 heavy (non-hydrogen) atoms. The van der Waals surface area contributed by atoms with Crippen molar-refractivity contribution in [2.75, 3.05) is 13.7 Å². The highest BCUT2D eigenvalue weighted by Gasteiger charge is 1.99. The largest absolute Gasteiger partial charge is 0.504 e. The van der Waals surface area contributed by atoms with Crippen LogP contribution in [-0.4, -0.2) is 23.9 Å². The van der Waals surface area contributed by atoms with Crippen molar-refractivity contribution in [1.82, 2.24) is 0 Å². The second-order valence-electron chi connectivity index (χ2n) is 7.07. The van der Waals surface area contributed by atoms with E-state index in [1.165, 1.54) is 23.8 Å². The molecule has 0 fully saturated rings. The standard InChI is InChI=1S/C15H26O.C10H12O2/c1-13(2)7-5-8-14(3)9-6-10-15(4)11-12-16;1-3-4-8-5-6-9(11)10(7-8)12-2/h7,9,11,16H,5-6,8,10,12H2,1-4H3;3-7,11H,1-2H3/b;4-3+. The molecule has 0 atom stereocenters. The van der Waals surface area contributed by atoms with E-state index in [-0.39, 0.29) is 12.4 Å². The predicted octanol–water partition coefficient (Wildman–Crippen LogP) is 6.83. The van der Waals surface area contributed by atoms with Crippen LogP contribution in [0, 0.1) is 0 Å². The van der Waals surface area contributed by atoms with Crippen LogP contribution < -0.4 is 4.74 Å². The van der Waals surface area contributed by atoms with Crippen LogP contribution in [0.25, 0.3) is 6.08 Å². The average Bonchev–Trinajstić information content (AvgIpc) is 2.64. The Kier molecular flexibility index (Phi) is 14.5. The molecule has 0 aliphatic rings. The maximum Gasteiger partial charge on any atom is 0.161 e.